The molecule has 186 valence electrons. The van der Waals surface area contributed by atoms with Gasteiger partial charge < -0.3 is 14.8 Å². The lowest BCUT2D eigenvalue weighted by molar-refractivity contribution is -0.127. The van der Waals surface area contributed by atoms with Crippen LogP contribution in [0.1, 0.15) is 35.8 Å². The number of benzene rings is 3. The highest BCUT2D eigenvalue weighted by atomic mass is 19.2. The average molecular weight is 494 g/mol. The number of halogens is 2. The molecule has 0 aliphatic carbocycles. The number of ketones is 1. The first-order valence-corrected chi connectivity index (χ1v) is 11.3. The SMILES string of the molecule is C[C@@H](NC(=O)[C@H](C)N1C(=O)COc2ccc(C(=O)COc3ccc(F)c(F)c3)cc21)c1ccccc1. The van der Waals surface area contributed by atoms with E-state index in [9.17, 15) is 23.2 Å². The number of hydrogen-bond donors (Lipinski definition) is 1. The van der Waals surface area contributed by atoms with Gasteiger partial charge in [-0.05, 0) is 49.7 Å². The van der Waals surface area contributed by atoms with Gasteiger partial charge in [-0.1, -0.05) is 30.3 Å². The fourth-order valence-corrected chi connectivity index (χ4v) is 3.84. The Labute approximate surface area is 206 Å². The van der Waals surface area contributed by atoms with Gasteiger partial charge in [-0.2, -0.15) is 0 Å². The first kappa shape index (κ1) is 24.8. The Morgan fingerprint density at radius 2 is 1.78 bits per heavy atom. The lowest BCUT2D eigenvalue weighted by Crippen LogP contribution is -2.51. The molecule has 0 saturated carbocycles. The second kappa shape index (κ2) is 10.6. The molecule has 0 unspecified atom stereocenters. The van der Waals surface area contributed by atoms with E-state index in [1.165, 1.54) is 29.2 Å². The van der Waals surface area contributed by atoms with E-state index in [-0.39, 0.29) is 35.6 Å². The third kappa shape index (κ3) is 5.35. The van der Waals surface area contributed by atoms with Crippen molar-refractivity contribution in [2.24, 2.45) is 0 Å². The van der Waals surface area contributed by atoms with E-state index < -0.39 is 36.0 Å². The molecule has 1 heterocycles. The zero-order valence-corrected chi connectivity index (χ0v) is 19.7. The van der Waals surface area contributed by atoms with Crippen molar-refractivity contribution in [3.05, 3.63) is 89.5 Å². The molecule has 1 aliphatic heterocycles. The van der Waals surface area contributed by atoms with Crippen molar-refractivity contribution in [3.8, 4) is 11.5 Å². The number of nitrogens with zero attached hydrogens (tertiary/aromatic N) is 1. The lowest BCUT2D eigenvalue weighted by atomic mass is 10.1. The molecule has 1 N–H and O–H groups in total. The van der Waals surface area contributed by atoms with Crippen molar-refractivity contribution in [1.29, 1.82) is 0 Å². The standard InChI is InChI=1S/C27H24F2N2O5/c1-16(18-6-4-3-5-7-18)30-27(34)17(2)31-23-12-19(8-11-25(23)36-15-26(31)33)24(32)14-35-20-9-10-21(28)22(29)13-20/h3-13,16-17H,14-15H2,1-2H3,(H,30,34)/t16-,17+/m1/s1. The van der Waals surface area contributed by atoms with Gasteiger partial charge in [0.15, 0.2) is 30.6 Å². The molecule has 4 rings (SSSR count). The molecular formula is C27H24F2N2O5. The number of nitrogens with one attached hydrogen (secondary N) is 1. The van der Waals surface area contributed by atoms with Gasteiger partial charge in [0.05, 0.1) is 11.7 Å². The summed E-state index contributed by atoms with van der Waals surface area (Å²) in [7, 11) is 0. The molecule has 7 nitrogen and oxygen atoms in total. The van der Waals surface area contributed by atoms with Crippen LogP contribution in [0.2, 0.25) is 0 Å². The molecule has 36 heavy (non-hydrogen) atoms. The summed E-state index contributed by atoms with van der Waals surface area (Å²) in [5.74, 6) is -3.03. The van der Waals surface area contributed by atoms with E-state index >= 15 is 0 Å². The topological polar surface area (TPSA) is 84.9 Å². The molecule has 3 aromatic carbocycles. The highest BCUT2D eigenvalue weighted by molar-refractivity contribution is 6.06. The molecule has 3 aromatic rings. The molecule has 0 spiro atoms. The van der Waals surface area contributed by atoms with E-state index in [1.54, 1.807) is 6.92 Å². The van der Waals surface area contributed by atoms with Crippen LogP contribution in [0.3, 0.4) is 0 Å². The van der Waals surface area contributed by atoms with Crippen molar-refractivity contribution < 1.29 is 32.6 Å². The molecule has 0 aromatic heterocycles. The summed E-state index contributed by atoms with van der Waals surface area (Å²) >= 11 is 0. The van der Waals surface area contributed by atoms with Crippen LogP contribution in [0, 0.1) is 11.6 Å². The van der Waals surface area contributed by atoms with Crippen LogP contribution in [0.4, 0.5) is 14.5 Å². The number of amides is 2. The van der Waals surface area contributed by atoms with E-state index in [0.717, 1.165) is 17.7 Å². The molecule has 2 amide bonds. The summed E-state index contributed by atoms with van der Waals surface area (Å²) in [4.78, 5) is 39.8. The molecule has 2 atom stereocenters. The maximum absolute atomic E-state index is 13.4. The summed E-state index contributed by atoms with van der Waals surface area (Å²) < 4.78 is 37.3. The van der Waals surface area contributed by atoms with Gasteiger partial charge in [0.25, 0.3) is 5.91 Å². The number of carbonyl (C=O) groups excluding carboxylic acids is 3. The van der Waals surface area contributed by atoms with E-state index in [4.69, 9.17) is 9.47 Å². The highest BCUT2D eigenvalue weighted by Crippen LogP contribution is 2.34. The molecule has 1 aliphatic rings. The van der Waals surface area contributed by atoms with Gasteiger partial charge in [-0.25, -0.2) is 8.78 Å². The van der Waals surface area contributed by atoms with Crippen molar-refractivity contribution in [2.75, 3.05) is 18.1 Å². The summed E-state index contributed by atoms with van der Waals surface area (Å²) in [5.41, 5.74) is 1.39. The summed E-state index contributed by atoms with van der Waals surface area (Å²) in [6.45, 7) is 2.76. The number of anilines is 1. The van der Waals surface area contributed by atoms with Gasteiger partial charge >= 0.3 is 0 Å². The number of fused-ring (bicyclic) bond motifs is 1. The largest absolute Gasteiger partial charge is 0.485 e. The van der Waals surface area contributed by atoms with Crippen LogP contribution in [0.5, 0.6) is 11.5 Å². The Kier molecular flexibility index (Phi) is 7.28. The Bertz CT molecular complexity index is 1300. The maximum atomic E-state index is 13.4. The van der Waals surface area contributed by atoms with E-state index in [2.05, 4.69) is 5.32 Å². The van der Waals surface area contributed by atoms with Crippen LogP contribution in [-0.4, -0.2) is 36.9 Å². The van der Waals surface area contributed by atoms with Gasteiger partial charge in [0, 0.05) is 11.6 Å². The Hall–Kier alpha value is -4.27. The lowest BCUT2D eigenvalue weighted by Gasteiger charge is -2.34. The van der Waals surface area contributed by atoms with Gasteiger partial charge in [0.2, 0.25) is 5.91 Å². The second-order valence-electron chi connectivity index (χ2n) is 8.34. The van der Waals surface area contributed by atoms with E-state index in [0.29, 0.717) is 5.75 Å². The molecule has 0 bridgehead atoms. The average Bonchev–Trinajstić information content (AvgIpc) is 2.88. The van der Waals surface area contributed by atoms with E-state index in [1.807, 2.05) is 37.3 Å². The summed E-state index contributed by atoms with van der Waals surface area (Å²) in [6.07, 6.45) is 0. The first-order chi connectivity index (χ1) is 17.2. The molecule has 9 heteroatoms. The van der Waals surface area contributed by atoms with Crippen LogP contribution in [0.25, 0.3) is 0 Å². The van der Waals surface area contributed by atoms with Crippen LogP contribution < -0.4 is 19.7 Å². The van der Waals surface area contributed by atoms with Crippen molar-refractivity contribution >= 4 is 23.3 Å². The highest BCUT2D eigenvalue weighted by Gasteiger charge is 2.34. The number of hydrogen-bond acceptors (Lipinski definition) is 5. The monoisotopic (exact) mass is 494 g/mol. The Balaban J connectivity index is 1.50. The molecule has 0 saturated heterocycles. The molecule has 0 fully saturated rings. The van der Waals surface area contributed by atoms with Crippen molar-refractivity contribution in [3.63, 3.8) is 0 Å². The van der Waals surface area contributed by atoms with Crippen LogP contribution >= 0.6 is 0 Å². The minimum Gasteiger partial charge on any atom is -0.485 e. The summed E-state index contributed by atoms with van der Waals surface area (Å²) in [5, 5.41) is 2.91. The Morgan fingerprint density at radius 1 is 1.03 bits per heavy atom. The Morgan fingerprint density at radius 3 is 2.50 bits per heavy atom. The zero-order valence-electron chi connectivity index (χ0n) is 19.7. The smallest absolute Gasteiger partial charge is 0.265 e. The summed E-state index contributed by atoms with van der Waals surface area (Å²) in [6, 6.07) is 15.7. The second-order valence-corrected chi connectivity index (χ2v) is 8.34. The fourth-order valence-electron chi connectivity index (χ4n) is 3.84. The normalized spacial score (nSPS) is 14.3. The minimum atomic E-state index is -1.09. The first-order valence-electron chi connectivity index (χ1n) is 11.3. The van der Waals surface area contributed by atoms with Crippen LogP contribution in [-0.2, 0) is 9.59 Å². The molecular weight excluding hydrogens is 470 g/mol. The third-order valence-corrected chi connectivity index (χ3v) is 5.85. The number of ether oxygens (including phenoxy) is 2. The van der Waals surface area contributed by atoms with Gasteiger partial charge in [0.1, 0.15) is 17.5 Å². The van der Waals surface area contributed by atoms with Crippen molar-refractivity contribution in [2.45, 2.75) is 25.9 Å². The third-order valence-electron chi connectivity index (χ3n) is 5.85. The quantitative estimate of drug-likeness (QED) is 0.474. The number of Topliss-reactive ketones (excluding diaryl/α,β-unsaturated/α-hetero) is 1. The van der Waals surface area contributed by atoms with Gasteiger partial charge in [-0.3, -0.25) is 19.3 Å². The maximum Gasteiger partial charge on any atom is 0.265 e. The predicted octanol–water partition coefficient (Wildman–Crippen LogP) is 4.22. The number of carbonyl (C=O) groups is 3. The fraction of sp³-hybridized carbons (Fsp3) is 0.222. The van der Waals surface area contributed by atoms with Crippen molar-refractivity contribution in [1.82, 2.24) is 5.32 Å². The zero-order chi connectivity index (χ0) is 25.8. The predicted molar refractivity (Wildman–Crippen MR) is 128 cm³/mol. The molecule has 0 radical (unpaired) electrons. The minimum absolute atomic E-state index is 0.00169. The van der Waals surface area contributed by atoms with Crippen LogP contribution in [0.15, 0.2) is 66.7 Å². The number of rotatable bonds is 8. The van der Waals surface area contributed by atoms with Gasteiger partial charge in [-0.15, -0.1) is 0 Å².